The lowest BCUT2D eigenvalue weighted by molar-refractivity contribution is -0.145. The molecule has 0 aromatic heterocycles. The van der Waals surface area contributed by atoms with Crippen molar-refractivity contribution in [2.24, 2.45) is 11.7 Å². The predicted octanol–water partition coefficient (Wildman–Crippen LogP) is 2.26. The van der Waals surface area contributed by atoms with E-state index >= 15 is 0 Å². The maximum atomic E-state index is 11.3. The Morgan fingerprint density at radius 3 is 2.73 bits per heavy atom. The van der Waals surface area contributed by atoms with E-state index in [9.17, 15) is 4.79 Å². The van der Waals surface area contributed by atoms with Crippen molar-refractivity contribution in [3.05, 3.63) is 12.7 Å². The molecule has 0 spiro atoms. The number of ether oxygens (including phenoxy) is 1. The summed E-state index contributed by atoms with van der Waals surface area (Å²) in [5.74, 6) is -0.0948. The van der Waals surface area contributed by atoms with Gasteiger partial charge in [0.1, 0.15) is 6.04 Å². The predicted molar refractivity (Wildman–Crippen MR) is 62.4 cm³/mol. The normalized spacial score (nSPS) is 14.3. The number of allylic oxidation sites excluding steroid dienone is 1. The van der Waals surface area contributed by atoms with Crippen LogP contribution in [-0.2, 0) is 9.53 Å². The molecule has 88 valence electrons. The first-order valence-corrected chi connectivity index (χ1v) is 5.66. The fourth-order valence-corrected chi connectivity index (χ4v) is 1.41. The summed E-state index contributed by atoms with van der Waals surface area (Å²) < 4.78 is 4.87. The van der Waals surface area contributed by atoms with Gasteiger partial charge in [-0.2, -0.15) is 0 Å². The Morgan fingerprint density at radius 2 is 2.20 bits per heavy atom. The van der Waals surface area contributed by atoms with Gasteiger partial charge in [-0.25, -0.2) is 0 Å². The zero-order valence-electron chi connectivity index (χ0n) is 9.87. The van der Waals surface area contributed by atoms with Crippen molar-refractivity contribution in [3.8, 4) is 0 Å². The van der Waals surface area contributed by atoms with Gasteiger partial charge in [-0.15, -0.1) is 6.58 Å². The quantitative estimate of drug-likeness (QED) is 0.382. The van der Waals surface area contributed by atoms with E-state index < -0.39 is 6.04 Å². The van der Waals surface area contributed by atoms with Crippen LogP contribution in [0.4, 0.5) is 0 Å². The van der Waals surface area contributed by atoms with Crippen molar-refractivity contribution < 1.29 is 9.53 Å². The SMILES string of the molecule is C=CCCCCC(C)C(N)C(=O)OCC. The zero-order valence-corrected chi connectivity index (χ0v) is 9.87. The van der Waals surface area contributed by atoms with E-state index in [1.807, 2.05) is 13.0 Å². The topological polar surface area (TPSA) is 52.3 Å². The van der Waals surface area contributed by atoms with E-state index in [0.29, 0.717) is 6.61 Å². The number of esters is 1. The molecule has 0 radical (unpaired) electrons. The maximum Gasteiger partial charge on any atom is 0.323 e. The molecule has 3 nitrogen and oxygen atoms in total. The van der Waals surface area contributed by atoms with E-state index in [-0.39, 0.29) is 11.9 Å². The van der Waals surface area contributed by atoms with Crippen molar-refractivity contribution in [2.75, 3.05) is 6.61 Å². The van der Waals surface area contributed by atoms with Crippen LogP contribution < -0.4 is 5.73 Å². The number of hydrogen-bond acceptors (Lipinski definition) is 3. The van der Waals surface area contributed by atoms with Crippen molar-refractivity contribution in [3.63, 3.8) is 0 Å². The lowest BCUT2D eigenvalue weighted by Crippen LogP contribution is -2.38. The molecule has 0 fully saturated rings. The molecular formula is C12H23NO2. The smallest absolute Gasteiger partial charge is 0.323 e. The lowest BCUT2D eigenvalue weighted by Gasteiger charge is -2.17. The van der Waals surface area contributed by atoms with Gasteiger partial charge < -0.3 is 10.5 Å². The second-order valence-corrected chi connectivity index (χ2v) is 3.83. The number of carbonyl (C=O) groups excluding carboxylic acids is 1. The summed E-state index contributed by atoms with van der Waals surface area (Å²) in [5.41, 5.74) is 5.77. The van der Waals surface area contributed by atoms with E-state index in [0.717, 1.165) is 25.7 Å². The number of carbonyl (C=O) groups is 1. The highest BCUT2D eigenvalue weighted by atomic mass is 16.5. The zero-order chi connectivity index (χ0) is 11.7. The molecule has 0 aliphatic heterocycles. The highest BCUT2D eigenvalue weighted by Gasteiger charge is 2.21. The van der Waals surface area contributed by atoms with Crippen LogP contribution in [-0.4, -0.2) is 18.6 Å². The molecule has 0 saturated carbocycles. The fraction of sp³-hybridized carbons (Fsp3) is 0.750. The molecule has 15 heavy (non-hydrogen) atoms. The van der Waals surface area contributed by atoms with Gasteiger partial charge in [0.15, 0.2) is 0 Å². The second kappa shape index (κ2) is 8.48. The van der Waals surface area contributed by atoms with Gasteiger partial charge in [-0.05, 0) is 32.1 Å². The summed E-state index contributed by atoms with van der Waals surface area (Å²) in [6, 6.07) is -0.478. The third-order valence-electron chi connectivity index (χ3n) is 2.49. The van der Waals surface area contributed by atoms with Crippen LogP contribution in [0, 0.1) is 5.92 Å². The van der Waals surface area contributed by atoms with Crippen molar-refractivity contribution in [1.82, 2.24) is 0 Å². The van der Waals surface area contributed by atoms with Crippen molar-refractivity contribution in [1.29, 1.82) is 0 Å². The molecule has 3 heteroatoms. The van der Waals surface area contributed by atoms with Crippen molar-refractivity contribution >= 4 is 5.97 Å². The molecule has 0 heterocycles. The van der Waals surface area contributed by atoms with Crippen LogP contribution in [0.15, 0.2) is 12.7 Å². The minimum atomic E-state index is -0.478. The Balaban J connectivity index is 3.72. The Hall–Kier alpha value is -0.830. The fourth-order valence-electron chi connectivity index (χ4n) is 1.41. The highest BCUT2D eigenvalue weighted by Crippen LogP contribution is 2.13. The summed E-state index contributed by atoms with van der Waals surface area (Å²) in [6.07, 6.45) is 6.11. The van der Waals surface area contributed by atoms with Gasteiger partial charge in [0.2, 0.25) is 0 Å². The largest absolute Gasteiger partial charge is 0.465 e. The average molecular weight is 213 g/mol. The van der Waals surface area contributed by atoms with Crippen molar-refractivity contribution in [2.45, 2.75) is 45.6 Å². The summed E-state index contributed by atoms with van der Waals surface area (Å²) in [5, 5.41) is 0. The minimum absolute atomic E-state index is 0.189. The Bertz CT molecular complexity index is 192. The van der Waals surface area contributed by atoms with E-state index in [2.05, 4.69) is 6.58 Å². The lowest BCUT2D eigenvalue weighted by atomic mass is 9.96. The third-order valence-corrected chi connectivity index (χ3v) is 2.49. The van der Waals surface area contributed by atoms with Gasteiger partial charge in [0.05, 0.1) is 6.61 Å². The Morgan fingerprint density at radius 1 is 1.53 bits per heavy atom. The van der Waals surface area contributed by atoms with Gasteiger partial charge in [-0.1, -0.05) is 19.4 Å². The molecule has 0 bridgehead atoms. The van der Waals surface area contributed by atoms with E-state index in [1.165, 1.54) is 0 Å². The first kappa shape index (κ1) is 14.2. The molecule has 0 saturated heterocycles. The number of hydrogen-bond donors (Lipinski definition) is 1. The first-order chi connectivity index (χ1) is 7.13. The van der Waals surface area contributed by atoms with Crippen LogP contribution in [0.2, 0.25) is 0 Å². The van der Waals surface area contributed by atoms with Gasteiger partial charge >= 0.3 is 5.97 Å². The molecule has 0 rings (SSSR count). The number of nitrogens with two attached hydrogens (primary N) is 1. The molecule has 2 atom stereocenters. The average Bonchev–Trinajstić information content (AvgIpc) is 2.23. The molecule has 0 aliphatic rings. The molecule has 0 aromatic rings. The number of unbranched alkanes of at least 4 members (excludes halogenated alkanes) is 2. The first-order valence-electron chi connectivity index (χ1n) is 5.66. The minimum Gasteiger partial charge on any atom is -0.465 e. The second-order valence-electron chi connectivity index (χ2n) is 3.83. The van der Waals surface area contributed by atoms with Crippen LogP contribution in [0.3, 0.4) is 0 Å². The Labute approximate surface area is 92.7 Å². The third kappa shape index (κ3) is 6.28. The molecule has 0 aromatic carbocycles. The van der Waals surface area contributed by atoms with Gasteiger partial charge in [0, 0.05) is 0 Å². The Kier molecular flexibility index (Phi) is 8.01. The van der Waals surface area contributed by atoms with Gasteiger partial charge in [0.25, 0.3) is 0 Å². The molecular weight excluding hydrogens is 190 g/mol. The van der Waals surface area contributed by atoms with Crippen LogP contribution >= 0.6 is 0 Å². The standard InChI is InChI=1S/C12H23NO2/c1-4-6-7-8-9-10(3)11(13)12(14)15-5-2/h4,10-11H,1,5-9,13H2,2-3H3. The highest BCUT2D eigenvalue weighted by molar-refractivity contribution is 5.75. The monoisotopic (exact) mass is 213 g/mol. The van der Waals surface area contributed by atoms with Gasteiger partial charge in [-0.3, -0.25) is 4.79 Å². The molecule has 0 aliphatic carbocycles. The number of rotatable bonds is 8. The molecule has 2 N–H and O–H groups in total. The van der Waals surface area contributed by atoms with Crippen LogP contribution in [0.5, 0.6) is 0 Å². The van der Waals surface area contributed by atoms with Crippen LogP contribution in [0.1, 0.15) is 39.5 Å². The van der Waals surface area contributed by atoms with Crippen LogP contribution in [0.25, 0.3) is 0 Å². The summed E-state index contributed by atoms with van der Waals surface area (Å²) in [4.78, 5) is 11.3. The maximum absolute atomic E-state index is 11.3. The van der Waals surface area contributed by atoms with E-state index in [4.69, 9.17) is 10.5 Å². The summed E-state index contributed by atoms with van der Waals surface area (Å²) >= 11 is 0. The van der Waals surface area contributed by atoms with E-state index in [1.54, 1.807) is 6.92 Å². The summed E-state index contributed by atoms with van der Waals surface area (Å²) in [6.45, 7) is 7.85. The molecule has 2 unspecified atom stereocenters. The molecule has 0 amide bonds. The summed E-state index contributed by atoms with van der Waals surface area (Å²) in [7, 11) is 0.